The van der Waals surface area contributed by atoms with Crippen LogP contribution >= 0.6 is 23.2 Å². The first kappa shape index (κ1) is 11.1. The molecule has 3 nitrogen and oxygen atoms in total. The normalized spacial score (nSPS) is 11.6. The molecule has 5 heteroatoms. The summed E-state index contributed by atoms with van der Waals surface area (Å²) in [7, 11) is 0. The first-order valence-electron chi connectivity index (χ1n) is 3.92. The number of pyridine rings is 1. The highest BCUT2D eigenvalue weighted by molar-refractivity contribution is 6.69. The van der Waals surface area contributed by atoms with Gasteiger partial charge in [0.25, 0.3) is 0 Å². The SMILES string of the molecule is CC(Cl)=Nc1ncc(C)cc1C(=N)Cl. The van der Waals surface area contributed by atoms with Crippen LogP contribution in [0, 0.1) is 12.3 Å². The van der Waals surface area contributed by atoms with Crippen LogP contribution in [0.25, 0.3) is 0 Å². The minimum atomic E-state index is -0.0853. The van der Waals surface area contributed by atoms with Gasteiger partial charge >= 0.3 is 0 Å². The molecule has 1 rings (SSSR count). The van der Waals surface area contributed by atoms with Crippen molar-refractivity contribution in [3.8, 4) is 0 Å². The van der Waals surface area contributed by atoms with Gasteiger partial charge in [0.05, 0.1) is 5.56 Å². The fourth-order valence-corrected chi connectivity index (χ4v) is 1.18. The van der Waals surface area contributed by atoms with E-state index in [4.69, 9.17) is 28.6 Å². The molecule has 14 heavy (non-hydrogen) atoms. The van der Waals surface area contributed by atoms with Gasteiger partial charge in [-0.15, -0.1) is 0 Å². The minimum absolute atomic E-state index is 0.0853. The lowest BCUT2D eigenvalue weighted by Crippen LogP contribution is -1.94. The van der Waals surface area contributed by atoms with E-state index in [-0.39, 0.29) is 5.17 Å². The largest absolute Gasteiger partial charge is 0.289 e. The van der Waals surface area contributed by atoms with Crippen LogP contribution in [0.3, 0.4) is 0 Å². The Balaban J connectivity index is 3.29. The number of aromatic nitrogens is 1. The zero-order valence-corrected chi connectivity index (χ0v) is 9.32. The molecular formula is C9H9Cl2N3. The van der Waals surface area contributed by atoms with E-state index in [2.05, 4.69) is 9.98 Å². The third-order valence-corrected chi connectivity index (χ3v) is 1.79. The van der Waals surface area contributed by atoms with Gasteiger partial charge in [0.1, 0.15) is 10.3 Å². The fraction of sp³-hybridized carbons (Fsp3) is 0.222. The van der Waals surface area contributed by atoms with E-state index >= 15 is 0 Å². The van der Waals surface area contributed by atoms with E-state index in [9.17, 15) is 0 Å². The Bertz CT molecular complexity index is 395. The number of hydrogen-bond donors (Lipinski definition) is 1. The first-order valence-corrected chi connectivity index (χ1v) is 4.68. The Labute approximate surface area is 92.3 Å². The molecule has 1 aromatic heterocycles. The van der Waals surface area contributed by atoms with Gasteiger partial charge in [-0.25, -0.2) is 9.98 Å². The second-order valence-electron chi connectivity index (χ2n) is 2.81. The topological polar surface area (TPSA) is 49.1 Å². The minimum Gasteiger partial charge on any atom is -0.289 e. The molecule has 0 fully saturated rings. The number of nitrogens with one attached hydrogen (secondary N) is 1. The second-order valence-corrected chi connectivity index (χ2v) is 3.73. The van der Waals surface area contributed by atoms with Gasteiger partial charge in [-0.1, -0.05) is 23.2 Å². The number of aryl methyl sites for hydroxylation is 1. The molecule has 0 spiro atoms. The van der Waals surface area contributed by atoms with E-state index in [1.165, 1.54) is 0 Å². The maximum absolute atomic E-state index is 7.33. The predicted molar refractivity (Wildman–Crippen MR) is 60.3 cm³/mol. The molecule has 0 unspecified atom stereocenters. The summed E-state index contributed by atoms with van der Waals surface area (Å²) in [6.07, 6.45) is 1.65. The van der Waals surface area contributed by atoms with Gasteiger partial charge < -0.3 is 0 Å². The molecule has 0 aliphatic carbocycles. The Morgan fingerprint density at radius 1 is 1.50 bits per heavy atom. The van der Waals surface area contributed by atoms with Gasteiger partial charge in [-0.05, 0) is 25.5 Å². The maximum atomic E-state index is 7.33. The molecule has 74 valence electrons. The van der Waals surface area contributed by atoms with Crippen molar-refractivity contribution in [3.63, 3.8) is 0 Å². The molecule has 0 aliphatic rings. The Morgan fingerprint density at radius 3 is 2.64 bits per heavy atom. The highest BCUT2D eigenvalue weighted by Crippen LogP contribution is 2.19. The summed E-state index contributed by atoms with van der Waals surface area (Å²) >= 11 is 11.2. The Morgan fingerprint density at radius 2 is 2.14 bits per heavy atom. The molecule has 0 aromatic carbocycles. The quantitative estimate of drug-likeness (QED) is 0.779. The highest BCUT2D eigenvalue weighted by atomic mass is 35.5. The van der Waals surface area contributed by atoms with Gasteiger partial charge in [0, 0.05) is 6.20 Å². The van der Waals surface area contributed by atoms with Gasteiger partial charge in [-0.2, -0.15) is 0 Å². The fourth-order valence-electron chi connectivity index (χ4n) is 0.959. The van der Waals surface area contributed by atoms with Crippen molar-refractivity contribution in [1.82, 2.24) is 4.98 Å². The molecule has 0 saturated heterocycles. The zero-order valence-electron chi connectivity index (χ0n) is 7.81. The molecule has 1 heterocycles. The van der Waals surface area contributed by atoms with Gasteiger partial charge in [-0.3, -0.25) is 5.41 Å². The Kier molecular flexibility index (Phi) is 3.61. The van der Waals surface area contributed by atoms with Crippen molar-refractivity contribution < 1.29 is 0 Å². The van der Waals surface area contributed by atoms with Crippen LogP contribution in [0.4, 0.5) is 5.82 Å². The summed E-state index contributed by atoms with van der Waals surface area (Å²) in [5, 5.41) is 7.61. The summed E-state index contributed by atoms with van der Waals surface area (Å²) in [4.78, 5) is 8.01. The van der Waals surface area contributed by atoms with Crippen LogP contribution < -0.4 is 0 Å². The van der Waals surface area contributed by atoms with Crippen LogP contribution in [-0.2, 0) is 0 Å². The maximum Gasteiger partial charge on any atom is 0.163 e. The third-order valence-electron chi connectivity index (χ3n) is 1.50. The van der Waals surface area contributed by atoms with Crippen LogP contribution in [0.5, 0.6) is 0 Å². The standard InChI is InChI=1S/C9H9Cl2N3/c1-5-3-7(8(11)12)9(13-4-5)14-6(2)10/h3-4,12H,1-2H3. The van der Waals surface area contributed by atoms with Crippen molar-refractivity contribution in [2.24, 2.45) is 4.99 Å². The van der Waals surface area contributed by atoms with Gasteiger partial charge in [0.15, 0.2) is 5.82 Å². The molecule has 1 aromatic rings. The molecule has 1 N–H and O–H groups in total. The number of nitrogens with zero attached hydrogens (tertiary/aromatic N) is 2. The summed E-state index contributed by atoms with van der Waals surface area (Å²) in [6, 6.07) is 1.75. The van der Waals surface area contributed by atoms with Crippen LogP contribution in [0.2, 0.25) is 0 Å². The summed E-state index contributed by atoms with van der Waals surface area (Å²) in [5.74, 6) is 0.378. The lowest BCUT2D eigenvalue weighted by atomic mass is 10.2. The molecular weight excluding hydrogens is 221 g/mol. The number of hydrogen-bond acceptors (Lipinski definition) is 3. The average molecular weight is 230 g/mol. The van der Waals surface area contributed by atoms with E-state index in [0.717, 1.165) is 5.56 Å². The second kappa shape index (κ2) is 4.53. The van der Waals surface area contributed by atoms with Gasteiger partial charge in [0.2, 0.25) is 0 Å². The molecule has 0 radical (unpaired) electrons. The predicted octanol–water partition coefficient (Wildman–Crippen LogP) is 3.24. The first-order chi connectivity index (χ1) is 6.50. The van der Waals surface area contributed by atoms with Crippen molar-refractivity contribution >= 4 is 39.4 Å². The van der Waals surface area contributed by atoms with E-state index in [1.807, 2.05) is 6.92 Å². The number of rotatable bonds is 2. The van der Waals surface area contributed by atoms with Crippen LogP contribution in [-0.4, -0.2) is 15.3 Å². The van der Waals surface area contributed by atoms with E-state index in [1.54, 1.807) is 19.2 Å². The van der Waals surface area contributed by atoms with Crippen LogP contribution in [0.1, 0.15) is 18.1 Å². The number of halogens is 2. The lowest BCUT2D eigenvalue weighted by Gasteiger charge is -2.02. The van der Waals surface area contributed by atoms with Crippen molar-refractivity contribution in [2.45, 2.75) is 13.8 Å². The lowest BCUT2D eigenvalue weighted by molar-refractivity contribution is 1.22. The summed E-state index contributed by atoms with van der Waals surface area (Å²) in [6.45, 7) is 3.52. The van der Waals surface area contributed by atoms with E-state index < -0.39 is 0 Å². The summed E-state index contributed by atoms with van der Waals surface area (Å²) in [5.41, 5.74) is 1.42. The molecule has 0 amide bonds. The van der Waals surface area contributed by atoms with E-state index in [0.29, 0.717) is 16.6 Å². The summed E-state index contributed by atoms with van der Waals surface area (Å²) < 4.78 is 0. The average Bonchev–Trinajstić information content (AvgIpc) is 2.07. The number of aliphatic imine (C=N–C) groups is 1. The van der Waals surface area contributed by atoms with Crippen molar-refractivity contribution in [3.05, 3.63) is 23.4 Å². The zero-order chi connectivity index (χ0) is 10.7. The molecule has 0 bridgehead atoms. The monoisotopic (exact) mass is 229 g/mol. The highest BCUT2D eigenvalue weighted by Gasteiger charge is 2.07. The molecule has 0 saturated carbocycles. The van der Waals surface area contributed by atoms with Crippen molar-refractivity contribution in [1.29, 1.82) is 5.41 Å². The molecule has 0 aliphatic heterocycles. The van der Waals surface area contributed by atoms with Crippen molar-refractivity contribution in [2.75, 3.05) is 0 Å². The third kappa shape index (κ3) is 2.79. The van der Waals surface area contributed by atoms with Crippen LogP contribution in [0.15, 0.2) is 17.3 Å². The molecule has 0 atom stereocenters. The Hall–Kier alpha value is -0.930. The smallest absolute Gasteiger partial charge is 0.163 e.